The molecule has 0 bridgehead atoms. The third-order valence-corrected chi connectivity index (χ3v) is 3.64. The highest BCUT2D eigenvalue weighted by molar-refractivity contribution is 9.10. The van der Waals surface area contributed by atoms with E-state index < -0.39 is 11.6 Å². The average molecular weight is 356 g/mol. The number of halogens is 3. The maximum atomic E-state index is 13.7. The molecule has 2 aromatic carbocycles. The van der Waals surface area contributed by atoms with Crippen LogP contribution in [-0.4, -0.2) is 6.04 Å². The average Bonchev–Trinajstić information content (AvgIpc) is 2.44. The molecule has 0 aliphatic rings. The number of hydrogen-bond donors (Lipinski definition) is 1. The van der Waals surface area contributed by atoms with Crippen LogP contribution in [0.3, 0.4) is 0 Å². The molecule has 0 aromatic heterocycles. The molecular weight excluding hydrogens is 340 g/mol. The zero-order valence-electron chi connectivity index (χ0n) is 11.6. The fourth-order valence-electron chi connectivity index (χ4n) is 1.91. The molecule has 0 aliphatic carbocycles. The molecule has 2 nitrogen and oxygen atoms in total. The van der Waals surface area contributed by atoms with E-state index in [4.69, 9.17) is 10.5 Å². The molecule has 2 rings (SSSR count). The Morgan fingerprint density at radius 1 is 1.14 bits per heavy atom. The molecule has 0 saturated heterocycles. The summed E-state index contributed by atoms with van der Waals surface area (Å²) in [6, 6.07) is 8.67. The Labute approximate surface area is 131 Å². The number of nitrogens with two attached hydrogens (primary N) is 1. The van der Waals surface area contributed by atoms with E-state index in [9.17, 15) is 8.78 Å². The van der Waals surface area contributed by atoms with Crippen LogP contribution in [0.5, 0.6) is 11.5 Å². The topological polar surface area (TPSA) is 35.2 Å². The van der Waals surface area contributed by atoms with Crippen molar-refractivity contribution in [1.29, 1.82) is 0 Å². The Morgan fingerprint density at radius 3 is 2.52 bits per heavy atom. The monoisotopic (exact) mass is 355 g/mol. The molecule has 0 saturated carbocycles. The van der Waals surface area contributed by atoms with E-state index in [1.54, 1.807) is 12.1 Å². The van der Waals surface area contributed by atoms with Gasteiger partial charge in [0.1, 0.15) is 11.6 Å². The zero-order valence-corrected chi connectivity index (χ0v) is 13.2. The van der Waals surface area contributed by atoms with Gasteiger partial charge in [-0.1, -0.05) is 22.9 Å². The number of hydrogen-bond acceptors (Lipinski definition) is 2. The molecule has 1 unspecified atom stereocenters. The first kappa shape index (κ1) is 15.9. The summed E-state index contributed by atoms with van der Waals surface area (Å²) >= 11 is 3.40. The number of benzene rings is 2. The van der Waals surface area contributed by atoms with Crippen molar-refractivity contribution >= 4 is 15.9 Å². The molecule has 0 fully saturated rings. The summed E-state index contributed by atoms with van der Waals surface area (Å²) in [4.78, 5) is 0. The van der Waals surface area contributed by atoms with Gasteiger partial charge in [-0.3, -0.25) is 0 Å². The lowest BCUT2D eigenvalue weighted by atomic mass is 10.0. The quantitative estimate of drug-likeness (QED) is 0.835. The van der Waals surface area contributed by atoms with E-state index in [0.29, 0.717) is 12.2 Å². The number of rotatable bonds is 5. The minimum atomic E-state index is -0.733. The lowest BCUT2D eigenvalue weighted by Crippen LogP contribution is -2.21. The van der Waals surface area contributed by atoms with Crippen LogP contribution < -0.4 is 10.5 Å². The van der Waals surface area contributed by atoms with Crippen LogP contribution in [0.1, 0.15) is 18.9 Å². The molecule has 2 N–H and O–H groups in total. The molecule has 0 amide bonds. The summed E-state index contributed by atoms with van der Waals surface area (Å²) in [5.41, 5.74) is 6.85. The Bertz CT molecular complexity index is 634. The maximum Gasteiger partial charge on any atom is 0.168 e. The highest BCUT2D eigenvalue weighted by atomic mass is 79.9. The predicted molar refractivity (Wildman–Crippen MR) is 82.5 cm³/mol. The summed E-state index contributed by atoms with van der Waals surface area (Å²) in [6.45, 7) is 2.00. The van der Waals surface area contributed by atoms with Gasteiger partial charge in [-0.25, -0.2) is 8.78 Å². The van der Waals surface area contributed by atoms with Crippen LogP contribution in [0, 0.1) is 11.6 Å². The van der Waals surface area contributed by atoms with Gasteiger partial charge in [-0.15, -0.1) is 0 Å². The number of ether oxygens (including phenoxy) is 1. The van der Waals surface area contributed by atoms with Crippen LogP contribution >= 0.6 is 15.9 Å². The molecule has 112 valence electrons. The fourth-order valence-corrected chi connectivity index (χ4v) is 2.32. The van der Waals surface area contributed by atoms with Crippen LogP contribution in [0.4, 0.5) is 8.78 Å². The van der Waals surface area contributed by atoms with Crippen molar-refractivity contribution in [2.75, 3.05) is 0 Å². The Kier molecular flexibility index (Phi) is 5.31. The first-order valence-electron chi connectivity index (χ1n) is 6.66. The molecule has 5 heteroatoms. The van der Waals surface area contributed by atoms with Crippen LogP contribution in [0.15, 0.2) is 40.9 Å². The summed E-state index contributed by atoms with van der Waals surface area (Å²) < 4.78 is 33.1. The second-order valence-electron chi connectivity index (χ2n) is 4.80. The predicted octanol–water partition coefficient (Wildman–Crippen LogP) is 4.80. The summed E-state index contributed by atoms with van der Waals surface area (Å²) in [7, 11) is 0. The minimum absolute atomic E-state index is 0.000264. The highest BCUT2D eigenvalue weighted by Crippen LogP contribution is 2.30. The first-order chi connectivity index (χ1) is 9.99. The van der Waals surface area contributed by atoms with Gasteiger partial charge in [0.25, 0.3) is 0 Å². The van der Waals surface area contributed by atoms with Crippen molar-refractivity contribution in [1.82, 2.24) is 0 Å². The van der Waals surface area contributed by atoms with Gasteiger partial charge in [0, 0.05) is 16.6 Å². The van der Waals surface area contributed by atoms with Gasteiger partial charge in [0.05, 0.1) is 0 Å². The third-order valence-electron chi connectivity index (χ3n) is 3.14. The van der Waals surface area contributed by atoms with Gasteiger partial charge in [-0.2, -0.15) is 0 Å². The van der Waals surface area contributed by atoms with Crippen molar-refractivity contribution in [3.8, 4) is 11.5 Å². The smallest absolute Gasteiger partial charge is 0.168 e. The van der Waals surface area contributed by atoms with Gasteiger partial charge < -0.3 is 10.5 Å². The summed E-state index contributed by atoms with van der Waals surface area (Å²) in [5, 5.41) is 0. The summed E-state index contributed by atoms with van der Waals surface area (Å²) in [5.74, 6) is -0.856. The molecule has 0 aliphatic heterocycles. The Balaban J connectivity index is 2.30. The molecule has 1 atom stereocenters. The normalized spacial score (nSPS) is 12.2. The largest absolute Gasteiger partial charge is 0.454 e. The lowest BCUT2D eigenvalue weighted by molar-refractivity contribution is 0.431. The SMILES string of the molecule is CCC(N)Cc1cc(Br)ccc1Oc1ccc(F)cc1F. The molecule has 0 radical (unpaired) electrons. The zero-order chi connectivity index (χ0) is 15.4. The van der Waals surface area contributed by atoms with Crippen molar-refractivity contribution in [3.05, 3.63) is 58.1 Å². The second-order valence-corrected chi connectivity index (χ2v) is 5.72. The van der Waals surface area contributed by atoms with E-state index in [1.807, 2.05) is 13.0 Å². The minimum Gasteiger partial charge on any atom is -0.454 e. The van der Waals surface area contributed by atoms with Gasteiger partial charge in [0.2, 0.25) is 0 Å². The van der Waals surface area contributed by atoms with E-state index in [2.05, 4.69) is 15.9 Å². The van der Waals surface area contributed by atoms with Gasteiger partial charge >= 0.3 is 0 Å². The van der Waals surface area contributed by atoms with E-state index in [-0.39, 0.29) is 11.8 Å². The third kappa shape index (κ3) is 4.25. The van der Waals surface area contributed by atoms with Gasteiger partial charge in [-0.05, 0) is 48.7 Å². The molecule has 21 heavy (non-hydrogen) atoms. The van der Waals surface area contributed by atoms with Crippen molar-refractivity contribution in [2.45, 2.75) is 25.8 Å². The van der Waals surface area contributed by atoms with Crippen molar-refractivity contribution in [2.24, 2.45) is 5.73 Å². The van der Waals surface area contributed by atoms with E-state index >= 15 is 0 Å². The lowest BCUT2D eigenvalue weighted by Gasteiger charge is -2.15. The van der Waals surface area contributed by atoms with Crippen LogP contribution in [-0.2, 0) is 6.42 Å². The highest BCUT2D eigenvalue weighted by Gasteiger charge is 2.12. The molecule has 2 aromatic rings. The maximum absolute atomic E-state index is 13.7. The Hall–Kier alpha value is -1.46. The van der Waals surface area contributed by atoms with E-state index in [0.717, 1.165) is 28.6 Å². The van der Waals surface area contributed by atoms with Crippen molar-refractivity contribution in [3.63, 3.8) is 0 Å². The van der Waals surface area contributed by atoms with Crippen LogP contribution in [0.25, 0.3) is 0 Å². The first-order valence-corrected chi connectivity index (χ1v) is 7.45. The Morgan fingerprint density at radius 2 is 1.86 bits per heavy atom. The standard InChI is InChI=1S/C16H16BrF2NO/c1-2-13(20)8-10-7-11(17)3-5-15(10)21-16-6-4-12(18)9-14(16)19/h3-7,9,13H,2,8,20H2,1H3. The molecular formula is C16H16BrF2NO. The fraction of sp³-hybridized carbons (Fsp3) is 0.250. The molecule has 0 spiro atoms. The van der Waals surface area contributed by atoms with E-state index in [1.165, 1.54) is 6.07 Å². The summed E-state index contributed by atoms with van der Waals surface area (Å²) in [6.07, 6.45) is 1.45. The van der Waals surface area contributed by atoms with Crippen molar-refractivity contribution < 1.29 is 13.5 Å². The van der Waals surface area contributed by atoms with Crippen LogP contribution in [0.2, 0.25) is 0 Å². The van der Waals surface area contributed by atoms with Gasteiger partial charge in [0.15, 0.2) is 11.6 Å². The molecule has 0 heterocycles. The second kappa shape index (κ2) is 7.00.